The first-order valence-electron chi connectivity index (χ1n) is 4.49. The van der Waals surface area contributed by atoms with E-state index in [4.69, 9.17) is 5.26 Å². The molecular formula is C12H10N2. The molecule has 1 aromatic carbocycles. The predicted octanol–water partition coefficient (Wildman–Crippen LogP) is 3.09. The van der Waals surface area contributed by atoms with Gasteiger partial charge in [0.1, 0.15) is 6.07 Å². The topological polar surface area (TPSA) is 39.6 Å². The highest BCUT2D eigenvalue weighted by molar-refractivity contribution is 5.87. The Morgan fingerprint density at radius 1 is 1.43 bits per heavy atom. The molecule has 0 aliphatic heterocycles. The molecule has 2 aromatic rings. The Hall–Kier alpha value is -2.01. The average molecular weight is 182 g/mol. The van der Waals surface area contributed by atoms with Crippen LogP contribution in [-0.2, 0) is 0 Å². The van der Waals surface area contributed by atoms with Crippen LogP contribution in [0.25, 0.3) is 16.5 Å². The quantitative estimate of drug-likeness (QED) is 0.676. The van der Waals surface area contributed by atoms with Crippen molar-refractivity contribution in [3.8, 4) is 6.07 Å². The Balaban J connectivity index is 2.62. The third-order valence-electron chi connectivity index (χ3n) is 2.23. The molecule has 0 bridgehead atoms. The van der Waals surface area contributed by atoms with E-state index in [-0.39, 0.29) is 0 Å². The van der Waals surface area contributed by atoms with E-state index in [1.807, 2.05) is 43.3 Å². The lowest BCUT2D eigenvalue weighted by Gasteiger charge is -1.89. The van der Waals surface area contributed by atoms with Crippen molar-refractivity contribution >= 4 is 16.5 Å². The van der Waals surface area contributed by atoms with Gasteiger partial charge in [-0.05, 0) is 19.1 Å². The first kappa shape index (κ1) is 8.58. The van der Waals surface area contributed by atoms with Gasteiger partial charge >= 0.3 is 0 Å². The number of rotatable bonds is 1. The molecule has 0 saturated carbocycles. The Morgan fingerprint density at radius 3 is 2.86 bits per heavy atom. The third kappa shape index (κ3) is 1.29. The molecule has 0 amide bonds. The van der Waals surface area contributed by atoms with Crippen LogP contribution >= 0.6 is 0 Å². The maximum absolute atomic E-state index is 8.87. The zero-order valence-corrected chi connectivity index (χ0v) is 7.91. The number of hydrogen-bond donors (Lipinski definition) is 1. The van der Waals surface area contributed by atoms with Crippen LogP contribution in [0.2, 0.25) is 0 Å². The highest BCUT2D eigenvalue weighted by atomic mass is 14.7. The lowest BCUT2D eigenvalue weighted by molar-refractivity contribution is 1.39. The maximum Gasteiger partial charge on any atom is 0.101 e. The summed E-state index contributed by atoms with van der Waals surface area (Å²) in [6.07, 6.45) is 1.81. The van der Waals surface area contributed by atoms with Gasteiger partial charge in [-0.15, -0.1) is 0 Å². The van der Waals surface area contributed by atoms with Gasteiger partial charge in [0.05, 0.1) is 11.3 Å². The first-order chi connectivity index (χ1) is 6.85. The number of para-hydroxylation sites is 1. The minimum Gasteiger partial charge on any atom is -0.354 e. The summed E-state index contributed by atoms with van der Waals surface area (Å²) in [4.78, 5) is 3.21. The molecule has 0 fully saturated rings. The van der Waals surface area contributed by atoms with Crippen molar-refractivity contribution in [3.05, 3.63) is 42.1 Å². The summed E-state index contributed by atoms with van der Waals surface area (Å²) in [5.41, 5.74) is 2.63. The van der Waals surface area contributed by atoms with Crippen LogP contribution in [0.3, 0.4) is 0 Å². The van der Waals surface area contributed by atoms with Crippen molar-refractivity contribution in [2.24, 2.45) is 0 Å². The Bertz CT molecular complexity index is 493. The number of nitriles is 1. The first-order valence-corrected chi connectivity index (χ1v) is 4.49. The van der Waals surface area contributed by atoms with Gasteiger partial charge in [0.15, 0.2) is 0 Å². The molecule has 1 N–H and O–H groups in total. The molecule has 0 saturated heterocycles. The maximum atomic E-state index is 8.87. The summed E-state index contributed by atoms with van der Waals surface area (Å²) < 4.78 is 0. The van der Waals surface area contributed by atoms with Crippen LogP contribution in [0.1, 0.15) is 12.6 Å². The Kier molecular flexibility index (Phi) is 2.08. The second-order valence-electron chi connectivity index (χ2n) is 3.08. The highest BCUT2D eigenvalue weighted by Gasteiger charge is 2.03. The fraction of sp³-hybridized carbons (Fsp3) is 0.0833. The van der Waals surface area contributed by atoms with Gasteiger partial charge in [0.2, 0.25) is 0 Å². The molecule has 0 unspecified atom stereocenters. The minimum atomic E-state index is 0.682. The number of allylic oxidation sites excluding steroid dienone is 2. The summed E-state index contributed by atoms with van der Waals surface area (Å²) in [5.74, 6) is 0. The van der Waals surface area contributed by atoms with Gasteiger partial charge in [-0.1, -0.05) is 24.3 Å². The number of nitrogens with one attached hydrogen (secondary N) is 1. The zero-order valence-electron chi connectivity index (χ0n) is 7.91. The molecule has 1 aromatic heterocycles. The van der Waals surface area contributed by atoms with E-state index >= 15 is 0 Å². The van der Waals surface area contributed by atoms with Gasteiger partial charge in [0.25, 0.3) is 0 Å². The highest BCUT2D eigenvalue weighted by Crippen LogP contribution is 2.19. The summed E-state index contributed by atoms with van der Waals surface area (Å²) in [5, 5.41) is 10.0. The fourth-order valence-corrected chi connectivity index (χ4v) is 1.50. The van der Waals surface area contributed by atoms with Crippen LogP contribution in [0.4, 0.5) is 0 Å². The summed E-state index contributed by atoms with van der Waals surface area (Å²) in [7, 11) is 0. The normalized spacial score (nSPS) is 11.6. The molecule has 0 aliphatic rings. The standard InChI is InChI=1S/C12H10N2/c1-2-9(8-13)12-7-10-5-3-4-6-11(10)14-12/h2-7,14H,1H3/b9-2+. The van der Waals surface area contributed by atoms with Crippen molar-refractivity contribution in [1.82, 2.24) is 4.98 Å². The van der Waals surface area contributed by atoms with Gasteiger partial charge in [-0.3, -0.25) is 0 Å². The molecule has 14 heavy (non-hydrogen) atoms. The lowest BCUT2D eigenvalue weighted by Crippen LogP contribution is -1.78. The second kappa shape index (κ2) is 3.39. The SMILES string of the molecule is C/C=C(\C#N)c1cc2ccccc2[nH]1. The van der Waals surface area contributed by atoms with E-state index in [1.165, 1.54) is 0 Å². The fourth-order valence-electron chi connectivity index (χ4n) is 1.50. The van der Waals surface area contributed by atoms with Crippen LogP contribution in [0, 0.1) is 11.3 Å². The van der Waals surface area contributed by atoms with Crippen LogP contribution in [-0.4, -0.2) is 4.98 Å². The van der Waals surface area contributed by atoms with E-state index in [0.717, 1.165) is 16.6 Å². The van der Waals surface area contributed by atoms with Crippen molar-refractivity contribution in [1.29, 1.82) is 5.26 Å². The zero-order chi connectivity index (χ0) is 9.97. The smallest absolute Gasteiger partial charge is 0.101 e. The molecule has 1 heterocycles. The Labute approximate surface area is 82.5 Å². The monoisotopic (exact) mass is 182 g/mol. The predicted molar refractivity (Wildman–Crippen MR) is 57.6 cm³/mol. The van der Waals surface area contributed by atoms with Crippen molar-refractivity contribution in [2.45, 2.75) is 6.92 Å². The molecule has 2 heteroatoms. The largest absolute Gasteiger partial charge is 0.354 e. The average Bonchev–Trinajstić information content (AvgIpc) is 2.63. The van der Waals surface area contributed by atoms with Crippen LogP contribution in [0.15, 0.2) is 36.4 Å². The molecule has 2 nitrogen and oxygen atoms in total. The molecule has 0 aliphatic carbocycles. The number of aromatic amines is 1. The number of H-pyrrole nitrogens is 1. The second-order valence-corrected chi connectivity index (χ2v) is 3.08. The Morgan fingerprint density at radius 2 is 2.21 bits per heavy atom. The van der Waals surface area contributed by atoms with Gasteiger partial charge < -0.3 is 4.98 Å². The third-order valence-corrected chi connectivity index (χ3v) is 2.23. The van der Waals surface area contributed by atoms with Crippen molar-refractivity contribution in [2.75, 3.05) is 0 Å². The number of fused-ring (bicyclic) bond motifs is 1. The number of nitrogens with zero attached hydrogens (tertiary/aromatic N) is 1. The summed E-state index contributed by atoms with van der Waals surface area (Å²) in [6, 6.07) is 12.1. The number of benzene rings is 1. The van der Waals surface area contributed by atoms with Crippen molar-refractivity contribution < 1.29 is 0 Å². The summed E-state index contributed by atoms with van der Waals surface area (Å²) in [6.45, 7) is 1.87. The molecule has 2 rings (SSSR count). The van der Waals surface area contributed by atoms with E-state index in [0.29, 0.717) is 5.57 Å². The molecular weight excluding hydrogens is 172 g/mol. The number of aromatic nitrogens is 1. The number of hydrogen-bond acceptors (Lipinski definition) is 1. The van der Waals surface area contributed by atoms with Crippen molar-refractivity contribution in [3.63, 3.8) is 0 Å². The van der Waals surface area contributed by atoms with Gasteiger partial charge in [-0.25, -0.2) is 0 Å². The minimum absolute atomic E-state index is 0.682. The molecule has 0 spiro atoms. The van der Waals surface area contributed by atoms with Crippen LogP contribution < -0.4 is 0 Å². The lowest BCUT2D eigenvalue weighted by atomic mass is 10.2. The van der Waals surface area contributed by atoms with E-state index in [2.05, 4.69) is 11.1 Å². The molecule has 68 valence electrons. The van der Waals surface area contributed by atoms with E-state index < -0.39 is 0 Å². The van der Waals surface area contributed by atoms with E-state index in [1.54, 1.807) is 0 Å². The van der Waals surface area contributed by atoms with Gasteiger partial charge in [0, 0.05) is 10.9 Å². The van der Waals surface area contributed by atoms with Crippen LogP contribution in [0.5, 0.6) is 0 Å². The van der Waals surface area contributed by atoms with E-state index in [9.17, 15) is 0 Å². The van der Waals surface area contributed by atoms with Gasteiger partial charge in [-0.2, -0.15) is 5.26 Å². The molecule has 0 atom stereocenters. The molecule has 0 radical (unpaired) electrons. The summed E-state index contributed by atoms with van der Waals surface area (Å²) >= 11 is 0.